The minimum Gasteiger partial charge on any atom is -0.462 e. The summed E-state index contributed by atoms with van der Waals surface area (Å²) in [5.74, 6) is -0.0180. The standard InChI is InChI=1S/C20H20N2O2/c1-13(2)12-24-19(23)10-8-14-7-9-18-16(11-14)20(21)15-5-3-4-6-17(15)22-18/h3-11,13H,12H2,1-2H3,(H2,21,22)/b10-8+. The molecule has 2 aromatic carbocycles. The number of rotatable bonds is 4. The number of nitrogens with zero attached hydrogens (tertiary/aromatic N) is 1. The Morgan fingerprint density at radius 2 is 1.92 bits per heavy atom. The predicted molar refractivity (Wildman–Crippen MR) is 98.5 cm³/mol. The summed E-state index contributed by atoms with van der Waals surface area (Å²) in [4.78, 5) is 16.3. The van der Waals surface area contributed by atoms with E-state index in [2.05, 4.69) is 4.98 Å². The van der Waals surface area contributed by atoms with Gasteiger partial charge in [0.1, 0.15) is 0 Å². The predicted octanol–water partition coefficient (Wildman–Crippen LogP) is 4.18. The third-order valence-electron chi connectivity index (χ3n) is 3.72. The van der Waals surface area contributed by atoms with E-state index in [1.807, 2.05) is 56.3 Å². The maximum absolute atomic E-state index is 11.7. The van der Waals surface area contributed by atoms with Crippen molar-refractivity contribution in [1.29, 1.82) is 0 Å². The molecule has 0 spiro atoms. The topological polar surface area (TPSA) is 65.2 Å². The Balaban J connectivity index is 1.92. The molecule has 4 heteroatoms. The molecule has 24 heavy (non-hydrogen) atoms. The summed E-state index contributed by atoms with van der Waals surface area (Å²) in [6.07, 6.45) is 3.17. The molecule has 2 N–H and O–H groups in total. The molecule has 0 fully saturated rings. The molecule has 0 radical (unpaired) electrons. The Morgan fingerprint density at radius 1 is 1.17 bits per heavy atom. The van der Waals surface area contributed by atoms with Gasteiger partial charge >= 0.3 is 5.97 Å². The van der Waals surface area contributed by atoms with E-state index in [0.29, 0.717) is 18.2 Å². The molecule has 0 aliphatic heterocycles. The molecular weight excluding hydrogens is 300 g/mol. The van der Waals surface area contributed by atoms with Crippen LogP contribution in [0.25, 0.3) is 27.9 Å². The molecule has 0 aliphatic carbocycles. The van der Waals surface area contributed by atoms with Gasteiger partial charge in [-0.1, -0.05) is 38.1 Å². The Morgan fingerprint density at radius 3 is 2.71 bits per heavy atom. The van der Waals surface area contributed by atoms with Gasteiger partial charge < -0.3 is 10.5 Å². The molecule has 0 aliphatic rings. The molecule has 4 nitrogen and oxygen atoms in total. The van der Waals surface area contributed by atoms with Crippen molar-refractivity contribution in [2.75, 3.05) is 12.3 Å². The lowest BCUT2D eigenvalue weighted by molar-refractivity contribution is -0.138. The number of fused-ring (bicyclic) bond motifs is 2. The van der Waals surface area contributed by atoms with Gasteiger partial charge in [-0.05, 0) is 35.8 Å². The number of esters is 1. The SMILES string of the molecule is CC(C)COC(=O)/C=C/c1ccc2nc3ccccc3c(N)c2c1. The van der Waals surface area contributed by atoms with Crippen molar-refractivity contribution in [2.45, 2.75) is 13.8 Å². The number of hydrogen-bond donors (Lipinski definition) is 1. The molecule has 0 atom stereocenters. The van der Waals surface area contributed by atoms with Crippen molar-refractivity contribution < 1.29 is 9.53 Å². The number of aromatic nitrogens is 1. The van der Waals surface area contributed by atoms with Crippen molar-refractivity contribution in [1.82, 2.24) is 4.98 Å². The zero-order valence-electron chi connectivity index (χ0n) is 13.8. The number of anilines is 1. The fourth-order valence-corrected chi connectivity index (χ4v) is 2.51. The summed E-state index contributed by atoms with van der Waals surface area (Å²) < 4.78 is 5.13. The molecule has 122 valence electrons. The van der Waals surface area contributed by atoms with Gasteiger partial charge in [0.25, 0.3) is 0 Å². The summed E-state index contributed by atoms with van der Waals surface area (Å²) in [5.41, 5.74) is 9.61. The van der Waals surface area contributed by atoms with Crippen molar-refractivity contribution in [2.24, 2.45) is 5.92 Å². The number of nitrogens with two attached hydrogens (primary N) is 1. The molecular formula is C20H20N2O2. The molecule has 0 saturated carbocycles. The fraction of sp³-hybridized carbons (Fsp3) is 0.200. The lowest BCUT2D eigenvalue weighted by Crippen LogP contribution is -2.06. The van der Waals surface area contributed by atoms with E-state index in [4.69, 9.17) is 10.5 Å². The average molecular weight is 320 g/mol. The van der Waals surface area contributed by atoms with Gasteiger partial charge in [0.15, 0.2) is 0 Å². The van der Waals surface area contributed by atoms with E-state index in [1.54, 1.807) is 6.08 Å². The maximum atomic E-state index is 11.7. The van der Waals surface area contributed by atoms with Crippen LogP contribution in [0.3, 0.4) is 0 Å². The minimum absolute atomic E-state index is 0.321. The zero-order chi connectivity index (χ0) is 17.1. The molecule has 1 heterocycles. The Kier molecular flexibility index (Phi) is 4.47. The Hall–Kier alpha value is -2.88. The normalized spacial score (nSPS) is 11.6. The van der Waals surface area contributed by atoms with E-state index in [9.17, 15) is 4.79 Å². The van der Waals surface area contributed by atoms with Gasteiger partial charge in [-0.3, -0.25) is 0 Å². The van der Waals surface area contributed by atoms with Crippen LogP contribution < -0.4 is 5.73 Å². The van der Waals surface area contributed by atoms with Gasteiger partial charge in [0.2, 0.25) is 0 Å². The monoisotopic (exact) mass is 320 g/mol. The van der Waals surface area contributed by atoms with Crippen LogP contribution in [0.4, 0.5) is 5.69 Å². The summed E-state index contributed by atoms with van der Waals surface area (Å²) in [5, 5.41) is 1.81. The summed E-state index contributed by atoms with van der Waals surface area (Å²) >= 11 is 0. The van der Waals surface area contributed by atoms with E-state index >= 15 is 0 Å². The van der Waals surface area contributed by atoms with E-state index in [1.165, 1.54) is 6.08 Å². The number of para-hydroxylation sites is 1. The smallest absolute Gasteiger partial charge is 0.330 e. The molecule has 0 bridgehead atoms. The highest BCUT2D eigenvalue weighted by molar-refractivity contribution is 6.06. The molecule has 3 aromatic rings. The van der Waals surface area contributed by atoms with Crippen LogP contribution in [0.5, 0.6) is 0 Å². The Bertz CT molecular complexity index is 929. The number of carbonyl (C=O) groups excluding carboxylic acids is 1. The van der Waals surface area contributed by atoms with E-state index in [-0.39, 0.29) is 5.97 Å². The van der Waals surface area contributed by atoms with Gasteiger partial charge in [-0.15, -0.1) is 0 Å². The maximum Gasteiger partial charge on any atom is 0.330 e. The third-order valence-corrected chi connectivity index (χ3v) is 3.72. The minimum atomic E-state index is -0.339. The van der Waals surface area contributed by atoms with Crippen LogP contribution >= 0.6 is 0 Å². The number of pyridine rings is 1. The first-order valence-corrected chi connectivity index (χ1v) is 7.97. The number of benzene rings is 2. The van der Waals surface area contributed by atoms with Gasteiger partial charge in [-0.2, -0.15) is 0 Å². The van der Waals surface area contributed by atoms with Crippen LogP contribution in [0.1, 0.15) is 19.4 Å². The van der Waals surface area contributed by atoms with Crippen molar-refractivity contribution in [3.8, 4) is 0 Å². The number of ether oxygens (including phenoxy) is 1. The molecule has 0 saturated heterocycles. The summed E-state index contributed by atoms with van der Waals surface area (Å²) in [6, 6.07) is 13.6. The first-order valence-electron chi connectivity index (χ1n) is 7.97. The quantitative estimate of drug-likeness (QED) is 0.445. The average Bonchev–Trinajstić information content (AvgIpc) is 2.58. The van der Waals surface area contributed by atoms with Crippen LogP contribution in [0.2, 0.25) is 0 Å². The third kappa shape index (κ3) is 3.38. The van der Waals surface area contributed by atoms with Gasteiger partial charge in [0.05, 0.1) is 23.3 Å². The number of carbonyl (C=O) groups is 1. The summed E-state index contributed by atoms with van der Waals surface area (Å²) in [7, 11) is 0. The van der Waals surface area contributed by atoms with Crippen LogP contribution in [0, 0.1) is 5.92 Å². The van der Waals surface area contributed by atoms with Gasteiger partial charge in [0, 0.05) is 16.8 Å². The highest BCUT2D eigenvalue weighted by Crippen LogP contribution is 2.28. The highest BCUT2D eigenvalue weighted by atomic mass is 16.5. The van der Waals surface area contributed by atoms with E-state index in [0.717, 1.165) is 27.4 Å². The molecule has 0 unspecified atom stereocenters. The lowest BCUT2D eigenvalue weighted by Gasteiger charge is -2.07. The first-order chi connectivity index (χ1) is 11.5. The number of hydrogen-bond acceptors (Lipinski definition) is 4. The van der Waals surface area contributed by atoms with Crippen LogP contribution in [-0.2, 0) is 9.53 Å². The second kappa shape index (κ2) is 6.71. The zero-order valence-corrected chi connectivity index (χ0v) is 13.8. The second-order valence-electron chi connectivity index (χ2n) is 6.18. The first kappa shape index (κ1) is 16.0. The lowest BCUT2D eigenvalue weighted by atomic mass is 10.1. The van der Waals surface area contributed by atoms with Crippen molar-refractivity contribution >= 4 is 39.5 Å². The highest BCUT2D eigenvalue weighted by Gasteiger charge is 2.06. The van der Waals surface area contributed by atoms with Crippen molar-refractivity contribution in [3.63, 3.8) is 0 Å². The van der Waals surface area contributed by atoms with Crippen molar-refractivity contribution in [3.05, 3.63) is 54.1 Å². The largest absolute Gasteiger partial charge is 0.462 e. The van der Waals surface area contributed by atoms with E-state index < -0.39 is 0 Å². The molecule has 0 amide bonds. The van der Waals surface area contributed by atoms with Gasteiger partial charge in [-0.25, -0.2) is 9.78 Å². The Labute approximate surface area is 140 Å². The summed E-state index contributed by atoms with van der Waals surface area (Å²) in [6.45, 7) is 4.42. The fourth-order valence-electron chi connectivity index (χ4n) is 2.51. The second-order valence-corrected chi connectivity index (χ2v) is 6.18. The number of nitrogen functional groups attached to an aromatic ring is 1. The molecule has 3 rings (SSSR count). The van der Waals surface area contributed by atoms with Crippen LogP contribution in [-0.4, -0.2) is 17.6 Å². The molecule has 1 aromatic heterocycles. The van der Waals surface area contributed by atoms with Crippen LogP contribution in [0.15, 0.2) is 48.5 Å².